The van der Waals surface area contributed by atoms with Crippen LogP contribution in [0.2, 0.25) is 0 Å². The Morgan fingerprint density at radius 3 is 2.55 bits per heavy atom. The number of allylic oxidation sites excluding steroid dienone is 5. The zero-order valence-electron chi connectivity index (χ0n) is 11.7. The fraction of sp³-hybridized carbons (Fsp3) is 0.235. The van der Waals surface area contributed by atoms with Gasteiger partial charge in [-0.15, -0.1) is 0 Å². The third kappa shape index (κ3) is 3.85. The highest BCUT2D eigenvalue weighted by Gasteiger charge is 2.06. The van der Waals surface area contributed by atoms with E-state index in [0.717, 1.165) is 12.0 Å². The number of aliphatic hydroxyl groups excluding tert-OH is 1. The molecule has 0 aromatic heterocycles. The molecular formula is C17H18O3. The van der Waals surface area contributed by atoms with Crippen LogP contribution in [0.25, 0.3) is 0 Å². The van der Waals surface area contributed by atoms with Gasteiger partial charge in [-0.3, -0.25) is 4.79 Å². The van der Waals surface area contributed by atoms with E-state index in [2.05, 4.69) is 13.0 Å². The standard InChI is InChI=1S/C17H18O3/c1-12(11-14-3-7-16(19)8-4-14)15-5-9-17(10-6-15)20-13(2)18/h3,5-12,19H,4H2,1-2H3. The van der Waals surface area contributed by atoms with Crippen LogP contribution < -0.4 is 4.74 Å². The van der Waals surface area contributed by atoms with Gasteiger partial charge in [0.2, 0.25) is 0 Å². The van der Waals surface area contributed by atoms with Gasteiger partial charge in [-0.1, -0.05) is 31.2 Å². The molecule has 0 fully saturated rings. The molecule has 1 N–H and O–H groups in total. The van der Waals surface area contributed by atoms with E-state index >= 15 is 0 Å². The molecule has 3 nitrogen and oxygen atoms in total. The summed E-state index contributed by atoms with van der Waals surface area (Å²) in [5.41, 5.74) is 2.33. The molecular weight excluding hydrogens is 252 g/mol. The summed E-state index contributed by atoms with van der Waals surface area (Å²) in [5, 5.41) is 9.29. The number of hydrogen-bond acceptors (Lipinski definition) is 3. The number of rotatable bonds is 3. The Hall–Kier alpha value is -2.29. The van der Waals surface area contributed by atoms with Crippen LogP contribution in [0.5, 0.6) is 5.75 Å². The maximum atomic E-state index is 10.9. The molecule has 0 heterocycles. The Bertz CT molecular complexity index is 577. The van der Waals surface area contributed by atoms with Crippen LogP contribution in [-0.4, -0.2) is 11.1 Å². The molecule has 0 amide bonds. The molecule has 104 valence electrons. The van der Waals surface area contributed by atoms with Gasteiger partial charge in [-0.25, -0.2) is 0 Å². The summed E-state index contributed by atoms with van der Waals surface area (Å²) < 4.78 is 5.01. The second kappa shape index (κ2) is 6.24. The fourth-order valence-corrected chi connectivity index (χ4v) is 2.10. The Morgan fingerprint density at radius 2 is 2.00 bits per heavy atom. The number of carbonyl (C=O) groups is 1. The summed E-state index contributed by atoms with van der Waals surface area (Å²) in [4.78, 5) is 10.9. The number of aliphatic hydroxyl groups is 1. The highest BCUT2D eigenvalue weighted by molar-refractivity contribution is 5.69. The normalized spacial score (nSPS) is 17.7. The van der Waals surface area contributed by atoms with Crippen molar-refractivity contribution in [3.8, 4) is 5.75 Å². The van der Waals surface area contributed by atoms with Gasteiger partial charge in [-0.05, 0) is 47.8 Å². The molecule has 1 aliphatic rings. The van der Waals surface area contributed by atoms with Gasteiger partial charge in [0.15, 0.2) is 0 Å². The van der Waals surface area contributed by atoms with Crippen molar-refractivity contribution in [1.29, 1.82) is 0 Å². The molecule has 1 aromatic rings. The van der Waals surface area contributed by atoms with Crippen molar-refractivity contribution in [2.75, 3.05) is 0 Å². The quantitative estimate of drug-likeness (QED) is 0.666. The number of hydrogen-bond donors (Lipinski definition) is 1. The predicted molar refractivity (Wildman–Crippen MR) is 78.7 cm³/mol. The molecule has 0 spiro atoms. The summed E-state index contributed by atoms with van der Waals surface area (Å²) in [5.74, 6) is 0.827. The average molecular weight is 270 g/mol. The zero-order chi connectivity index (χ0) is 14.5. The monoisotopic (exact) mass is 270 g/mol. The molecule has 3 heteroatoms. The van der Waals surface area contributed by atoms with Crippen LogP contribution in [0.1, 0.15) is 31.7 Å². The van der Waals surface area contributed by atoms with E-state index < -0.39 is 0 Å². The summed E-state index contributed by atoms with van der Waals surface area (Å²) in [7, 11) is 0. The van der Waals surface area contributed by atoms with Crippen molar-refractivity contribution >= 4 is 5.97 Å². The van der Waals surface area contributed by atoms with E-state index in [0.29, 0.717) is 11.5 Å². The van der Waals surface area contributed by atoms with Crippen LogP contribution in [0, 0.1) is 0 Å². The van der Waals surface area contributed by atoms with Crippen molar-refractivity contribution in [3.63, 3.8) is 0 Å². The largest absolute Gasteiger partial charge is 0.508 e. The van der Waals surface area contributed by atoms with Gasteiger partial charge < -0.3 is 9.84 Å². The summed E-state index contributed by atoms with van der Waals surface area (Å²) in [6.45, 7) is 3.50. The SMILES string of the molecule is CC(=O)Oc1ccc(C(C)C=C2C=CC(O)=CC2)cc1. The molecule has 2 rings (SSSR count). The van der Waals surface area contributed by atoms with Gasteiger partial charge in [0.1, 0.15) is 11.5 Å². The predicted octanol–water partition coefficient (Wildman–Crippen LogP) is 4.04. The Balaban J connectivity index is 2.06. The highest BCUT2D eigenvalue weighted by Crippen LogP contribution is 2.24. The molecule has 0 aliphatic heterocycles. The lowest BCUT2D eigenvalue weighted by molar-refractivity contribution is -0.131. The van der Waals surface area contributed by atoms with Crippen LogP contribution in [0.3, 0.4) is 0 Å². The van der Waals surface area contributed by atoms with Crippen molar-refractivity contribution in [2.45, 2.75) is 26.2 Å². The summed E-state index contributed by atoms with van der Waals surface area (Å²) in [6.07, 6.45) is 8.34. The third-order valence-corrected chi connectivity index (χ3v) is 3.15. The van der Waals surface area contributed by atoms with Crippen LogP contribution in [0.4, 0.5) is 0 Å². The minimum atomic E-state index is -0.313. The van der Waals surface area contributed by atoms with Crippen molar-refractivity contribution in [1.82, 2.24) is 0 Å². The first-order chi connectivity index (χ1) is 9.54. The molecule has 1 aliphatic carbocycles. The fourth-order valence-electron chi connectivity index (χ4n) is 2.10. The third-order valence-electron chi connectivity index (χ3n) is 3.15. The van der Waals surface area contributed by atoms with Gasteiger partial charge in [0.05, 0.1) is 0 Å². The van der Waals surface area contributed by atoms with Crippen LogP contribution in [0.15, 0.2) is 59.9 Å². The Labute approximate surface area is 118 Å². The smallest absolute Gasteiger partial charge is 0.308 e. The van der Waals surface area contributed by atoms with Crippen LogP contribution >= 0.6 is 0 Å². The van der Waals surface area contributed by atoms with E-state index in [9.17, 15) is 9.90 Å². The first-order valence-corrected chi connectivity index (χ1v) is 6.61. The number of ether oxygens (including phenoxy) is 1. The van der Waals surface area contributed by atoms with E-state index in [4.69, 9.17) is 4.74 Å². The first-order valence-electron chi connectivity index (χ1n) is 6.61. The van der Waals surface area contributed by atoms with Crippen LogP contribution in [-0.2, 0) is 4.79 Å². The highest BCUT2D eigenvalue weighted by atomic mass is 16.5. The average Bonchev–Trinajstić information content (AvgIpc) is 2.41. The summed E-state index contributed by atoms with van der Waals surface area (Å²) in [6, 6.07) is 7.52. The molecule has 1 aromatic carbocycles. The molecule has 0 bridgehead atoms. The second-order valence-corrected chi connectivity index (χ2v) is 4.86. The molecule has 1 atom stereocenters. The van der Waals surface area contributed by atoms with Crippen molar-refractivity contribution in [3.05, 3.63) is 65.5 Å². The molecule has 0 saturated heterocycles. The minimum Gasteiger partial charge on any atom is -0.508 e. The molecule has 0 saturated carbocycles. The maximum absolute atomic E-state index is 10.9. The Morgan fingerprint density at radius 1 is 1.30 bits per heavy atom. The Kier molecular flexibility index (Phi) is 4.41. The first kappa shape index (κ1) is 14.1. The molecule has 0 radical (unpaired) electrons. The van der Waals surface area contributed by atoms with E-state index in [1.165, 1.54) is 12.5 Å². The van der Waals surface area contributed by atoms with Gasteiger partial charge in [0.25, 0.3) is 0 Å². The van der Waals surface area contributed by atoms with Crippen molar-refractivity contribution in [2.24, 2.45) is 0 Å². The van der Waals surface area contributed by atoms with Crippen molar-refractivity contribution < 1.29 is 14.6 Å². The van der Waals surface area contributed by atoms with E-state index in [1.807, 2.05) is 18.2 Å². The lowest BCUT2D eigenvalue weighted by Gasteiger charge is -2.11. The number of esters is 1. The second-order valence-electron chi connectivity index (χ2n) is 4.86. The van der Waals surface area contributed by atoms with E-state index in [-0.39, 0.29) is 11.9 Å². The molecule has 1 unspecified atom stereocenters. The topological polar surface area (TPSA) is 46.5 Å². The maximum Gasteiger partial charge on any atom is 0.308 e. The van der Waals surface area contributed by atoms with E-state index in [1.54, 1.807) is 24.3 Å². The zero-order valence-corrected chi connectivity index (χ0v) is 11.7. The van der Waals surface area contributed by atoms with Gasteiger partial charge in [-0.2, -0.15) is 0 Å². The lowest BCUT2D eigenvalue weighted by Crippen LogP contribution is -2.01. The number of carbonyl (C=O) groups excluding carboxylic acids is 1. The molecule has 20 heavy (non-hydrogen) atoms. The minimum absolute atomic E-state index is 0.259. The lowest BCUT2D eigenvalue weighted by atomic mass is 9.95. The summed E-state index contributed by atoms with van der Waals surface area (Å²) >= 11 is 0. The van der Waals surface area contributed by atoms with Gasteiger partial charge in [0, 0.05) is 6.92 Å². The number of benzene rings is 1. The van der Waals surface area contributed by atoms with Gasteiger partial charge >= 0.3 is 5.97 Å².